The van der Waals surface area contributed by atoms with Crippen molar-refractivity contribution in [1.82, 2.24) is 4.57 Å². The van der Waals surface area contributed by atoms with Crippen LogP contribution in [0.15, 0.2) is 53.5 Å². The minimum absolute atomic E-state index is 0.0594. The molecule has 166 valence electrons. The molecule has 1 amide bonds. The highest BCUT2D eigenvalue weighted by atomic mass is 32.1. The molecule has 3 aromatic rings. The Morgan fingerprint density at radius 3 is 2.78 bits per heavy atom. The van der Waals surface area contributed by atoms with Crippen LogP contribution in [0.3, 0.4) is 0 Å². The SMILES string of the molecule is CCOC(=O)c1ccc2c(c1)sc(=NC(=O)C=Cc1cccc([N+](=O)[O-])c1)n2CCOC. The fraction of sp³-hybridized carbons (Fsp3) is 0.227. The van der Waals surface area contributed by atoms with E-state index >= 15 is 0 Å². The van der Waals surface area contributed by atoms with Crippen molar-refractivity contribution in [3.05, 3.63) is 74.6 Å². The van der Waals surface area contributed by atoms with Gasteiger partial charge in [-0.25, -0.2) is 4.79 Å². The van der Waals surface area contributed by atoms with Crippen LogP contribution in [0.2, 0.25) is 0 Å². The van der Waals surface area contributed by atoms with Gasteiger partial charge in [0.25, 0.3) is 11.6 Å². The smallest absolute Gasteiger partial charge is 0.338 e. The second kappa shape index (κ2) is 10.6. The third-order valence-corrected chi connectivity index (χ3v) is 5.46. The van der Waals surface area contributed by atoms with E-state index in [1.54, 1.807) is 44.4 Å². The first-order chi connectivity index (χ1) is 15.4. The number of esters is 1. The van der Waals surface area contributed by atoms with Gasteiger partial charge in [0.2, 0.25) is 0 Å². The van der Waals surface area contributed by atoms with Crippen LogP contribution in [0.25, 0.3) is 16.3 Å². The standard InChI is InChI=1S/C22H21N3O6S/c1-3-31-21(27)16-8-9-18-19(14-16)32-22(24(18)11-12-30-2)23-20(26)10-7-15-5-4-6-17(13-15)25(28)29/h4-10,13-14H,3,11-12H2,1-2H3. The number of carbonyl (C=O) groups is 2. The van der Waals surface area contributed by atoms with Crippen LogP contribution >= 0.6 is 11.3 Å². The summed E-state index contributed by atoms with van der Waals surface area (Å²) < 4.78 is 12.8. The lowest BCUT2D eigenvalue weighted by atomic mass is 10.2. The van der Waals surface area contributed by atoms with E-state index in [1.807, 2.05) is 4.57 Å². The molecule has 0 atom stereocenters. The highest BCUT2D eigenvalue weighted by Crippen LogP contribution is 2.20. The van der Waals surface area contributed by atoms with Crippen LogP contribution in [0, 0.1) is 10.1 Å². The van der Waals surface area contributed by atoms with E-state index in [-0.39, 0.29) is 12.3 Å². The number of hydrogen-bond donors (Lipinski definition) is 0. The predicted octanol–water partition coefficient (Wildman–Crippen LogP) is 3.57. The van der Waals surface area contributed by atoms with Crippen molar-refractivity contribution in [2.75, 3.05) is 20.3 Å². The van der Waals surface area contributed by atoms with E-state index in [0.717, 1.165) is 10.2 Å². The molecule has 0 saturated heterocycles. The summed E-state index contributed by atoms with van der Waals surface area (Å²) in [5.41, 5.74) is 1.69. The molecular formula is C22H21N3O6S. The van der Waals surface area contributed by atoms with Gasteiger partial charge in [0.05, 0.1) is 33.9 Å². The molecule has 0 N–H and O–H groups in total. The van der Waals surface area contributed by atoms with E-state index in [9.17, 15) is 19.7 Å². The quantitative estimate of drug-likeness (QED) is 0.222. The molecule has 0 radical (unpaired) electrons. The number of rotatable bonds is 8. The lowest BCUT2D eigenvalue weighted by Crippen LogP contribution is -2.19. The minimum Gasteiger partial charge on any atom is -0.462 e. The molecule has 32 heavy (non-hydrogen) atoms. The number of fused-ring (bicyclic) bond motifs is 1. The van der Waals surface area contributed by atoms with Gasteiger partial charge in [0.1, 0.15) is 0 Å². The molecule has 1 aromatic heterocycles. The van der Waals surface area contributed by atoms with Gasteiger partial charge in [-0.3, -0.25) is 14.9 Å². The van der Waals surface area contributed by atoms with Gasteiger partial charge in [0.15, 0.2) is 4.80 Å². The fourth-order valence-electron chi connectivity index (χ4n) is 2.94. The molecule has 10 heteroatoms. The summed E-state index contributed by atoms with van der Waals surface area (Å²) >= 11 is 1.27. The molecule has 2 aromatic carbocycles. The molecule has 0 unspecified atom stereocenters. The van der Waals surface area contributed by atoms with E-state index in [1.165, 1.54) is 35.6 Å². The van der Waals surface area contributed by atoms with Gasteiger partial charge in [-0.1, -0.05) is 23.5 Å². The van der Waals surface area contributed by atoms with Crippen LogP contribution in [0.4, 0.5) is 5.69 Å². The highest BCUT2D eigenvalue weighted by Gasteiger charge is 2.12. The molecule has 0 aliphatic heterocycles. The molecule has 9 nitrogen and oxygen atoms in total. The number of nitrogens with zero attached hydrogens (tertiary/aromatic N) is 3. The van der Waals surface area contributed by atoms with Gasteiger partial charge in [-0.2, -0.15) is 4.99 Å². The normalized spacial score (nSPS) is 11.9. The summed E-state index contributed by atoms with van der Waals surface area (Å²) in [5.74, 6) is -0.930. The van der Waals surface area contributed by atoms with Gasteiger partial charge in [-0.05, 0) is 36.8 Å². The van der Waals surface area contributed by atoms with E-state index in [4.69, 9.17) is 9.47 Å². The Bertz CT molecular complexity index is 1260. The van der Waals surface area contributed by atoms with Crippen LogP contribution in [-0.2, 0) is 20.8 Å². The first kappa shape index (κ1) is 23.0. The molecular weight excluding hydrogens is 434 g/mol. The van der Waals surface area contributed by atoms with Crippen molar-refractivity contribution in [2.24, 2.45) is 4.99 Å². The van der Waals surface area contributed by atoms with Crippen molar-refractivity contribution in [1.29, 1.82) is 0 Å². The number of hydrogen-bond acceptors (Lipinski definition) is 7. The third kappa shape index (κ3) is 5.54. The number of non-ortho nitro benzene ring substituents is 1. The average molecular weight is 455 g/mol. The number of thiazole rings is 1. The Balaban J connectivity index is 1.95. The highest BCUT2D eigenvalue weighted by molar-refractivity contribution is 7.16. The second-order valence-corrected chi connectivity index (χ2v) is 7.58. The van der Waals surface area contributed by atoms with Crippen LogP contribution in [0.5, 0.6) is 0 Å². The molecule has 3 rings (SSSR count). The largest absolute Gasteiger partial charge is 0.462 e. The van der Waals surface area contributed by atoms with Crippen molar-refractivity contribution >= 4 is 45.2 Å². The zero-order valence-electron chi connectivity index (χ0n) is 17.5. The first-order valence-electron chi connectivity index (χ1n) is 9.73. The van der Waals surface area contributed by atoms with E-state index < -0.39 is 16.8 Å². The van der Waals surface area contributed by atoms with Crippen LogP contribution < -0.4 is 4.80 Å². The Kier molecular flexibility index (Phi) is 7.63. The summed E-state index contributed by atoms with van der Waals surface area (Å²) in [5, 5.41) is 10.9. The molecule has 0 saturated carbocycles. The first-order valence-corrected chi connectivity index (χ1v) is 10.5. The maximum atomic E-state index is 12.5. The van der Waals surface area contributed by atoms with Gasteiger partial charge < -0.3 is 14.0 Å². The Morgan fingerprint density at radius 1 is 1.25 bits per heavy atom. The maximum absolute atomic E-state index is 12.5. The molecule has 0 spiro atoms. The predicted molar refractivity (Wildman–Crippen MR) is 120 cm³/mol. The van der Waals surface area contributed by atoms with E-state index in [0.29, 0.717) is 29.1 Å². The summed E-state index contributed by atoms with van der Waals surface area (Å²) in [4.78, 5) is 39.5. The Hall–Kier alpha value is -3.63. The van der Waals surface area contributed by atoms with Gasteiger partial charge in [-0.15, -0.1) is 0 Å². The topological polar surface area (TPSA) is 113 Å². The molecule has 0 aliphatic carbocycles. The summed E-state index contributed by atoms with van der Waals surface area (Å²) in [6.45, 7) is 2.90. The molecule has 1 heterocycles. The van der Waals surface area contributed by atoms with Crippen molar-refractivity contribution < 1.29 is 24.0 Å². The fourth-order valence-corrected chi connectivity index (χ4v) is 4.04. The molecule has 0 aliphatic rings. The maximum Gasteiger partial charge on any atom is 0.338 e. The van der Waals surface area contributed by atoms with Gasteiger partial charge in [0, 0.05) is 31.9 Å². The number of aromatic nitrogens is 1. The molecule has 0 bridgehead atoms. The summed E-state index contributed by atoms with van der Waals surface area (Å²) in [7, 11) is 1.58. The minimum atomic E-state index is -0.514. The van der Waals surface area contributed by atoms with Crippen LogP contribution in [0.1, 0.15) is 22.8 Å². The second-order valence-electron chi connectivity index (χ2n) is 6.57. The number of nitro groups is 1. The zero-order valence-corrected chi connectivity index (χ0v) is 18.3. The van der Waals surface area contributed by atoms with Gasteiger partial charge >= 0.3 is 5.97 Å². The third-order valence-electron chi connectivity index (χ3n) is 4.42. The number of carbonyl (C=O) groups excluding carboxylic acids is 2. The lowest BCUT2D eigenvalue weighted by molar-refractivity contribution is -0.384. The number of nitro benzene ring substituents is 1. The van der Waals surface area contributed by atoms with E-state index in [2.05, 4.69) is 4.99 Å². The lowest BCUT2D eigenvalue weighted by Gasteiger charge is -2.05. The number of ether oxygens (including phenoxy) is 2. The monoisotopic (exact) mass is 455 g/mol. The average Bonchev–Trinajstić information content (AvgIpc) is 3.12. The molecule has 0 fully saturated rings. The Labute approximate surface area is 187 Å². The summed E-state index contributed by atoms with van der Waals surface area (Å²) in [6, 6.07) is 11.1. The number of amides is 1. The Morgan fingerprint density at radius 2 is 2.06 bits per heavy atom. The van der Waals surface area contributed by atoms with Crippen molar-refractivity contribution in [3.63, 3.8) is 0 Å². The summed E-state index contributed by atoms with van der Waals surface area (Å²) in [6.07, 6.45) is 2.73. The van der Waals surface area contributed by atoms with Crippen LogP contribution in [-0.4, -0.2) is 41.7 Å². The number of benzene rings is 2. The van der Waals surface area contributed by atoms with Crippen molar-refractivity contribution in [2.45, 2.75) is 13.5 Å². The zero-order chi connectivity index (χ0) is 23.1. The number of methoxy groups -OCH3 is 1. The van der Waals surface area contributed by atoms with Crippen molar-refractivity contribution in [3.8, 4) is 0 Å².